The fraction of sp³-hybridized carbons (Fsp3) is 0.300. The van der Waals surface area contributed by atoms with Gasteiger partial charge in [-0.1, -0.05) is 50.1 Å². The minimum atomic E-state index is -1.49. The Morgan fingerprint density at radius 2 is 1.25 bits per heavy atom. The molecule has 0 bridgehead atoms. The number of rotatable bonds is 9. The smallest absolute Gasteiger partial charge is 0.397 e. The van der Waals surface area contributed by atoms with Gasteiger partial charge in [0.25, 0.3) is 0 Å². The quantitative estimate of drug-likeness (QED) is 0.257. The van der Waals surface area contributed by atoms with Crippen molar-refractivity contribution in [1.29, 1.82) is 0 Å². The summed E-state index contributed by atoms with van der Waals surface area (Å²) in [7, 11) is -2.96. The third kappa shape index (κ3) is 7.14. The van der Waals surface area contributed by atoms with E-state index in [4.69, 9.17) is 27.1 Å². The first-order valence-corrected chi connectivity index (χ1v) is 10.9. The zero-order valence-electron chi connectivity index (χ0n) is 16.0. The van der Waals surface area contributed by atoms with E-state index in [0.717, 1.165) is 0 Å². The highest BCUT2D eigenvalue weighted by molar-refractivity contribution is 7.42. The molecule has 0 N–H and O–H groups in total. The first-order chi connectivity index (χ1) is 13.6. The van der Waals surface area contributed by atoms with Crippen molar-refractivity contribution in [3.63, 3.8) is 0 Å². The molecule has 2 aliphatic heterocycles. The maximum absolute atomic E-state index is 5.78. The van der Waals surface area contributed by atoms with Crippen molar-refractivity contribution in [3.8, 4) is 0 Å². The summed E-state index contributed by atoms with van der Waals surface area (Å²) in [4.78, 5) is 0. The standard InChI is InChI=1S/C20H26O6P2/c1-5-9-13-19(12-8-4)26-28-23-16-20(17-24-28)14-21-27(22-15-20)25-18(10-6-2)11-7-3/h5-13H,1-2,4,14-17H2,3H3/b11-7-,13-9-,18-10+,19-12+. The van der Waals surface area contributed by atoms with Gasteiger partial charge in [-0.15, -0.1) is 0 Å². The van der Waals surface area contributed by atoms with Crippen LogP contribution in [0.2, 0.25) is 0 Å². The summed E-state index contributed by atoms with van der Waals surface area (Å²) in [6, 6.07) is 0. The Labute approximate surface area is 169 Å². The molecule has 28 heavy (non-hydrogen) atoms. The Morgan fingerprint density at radius 3 is 1.64 bits per heavy atom. The molecule has 0 unspecified atom stereocenters. The monoisotopic (exact) mass is 424 g/mol. The van der Waals surface area contributed by atoms with Gasteiger partial charge in [0.15, 0.2) is 0 Å². The molecule has 0 atom stereocenters. The Bertz CT molecular complexity index is 650. The fourth-order valence-electron chi connectivity index (χ4n) is 2.15. The van der Waals surface area contributed by atoms with Gasteiger partial charge < -0.3 is 27.1 Å². The lowest BCUT2D eigenvalue weighted by Crippen LogP contribution is -2.44. The van der Waals surface area contributed by atoms with Crippen molar-refractivity contribution >= 4 is 17.2 Å². The van der Waals surface area contributed by atoms with Crippen LogP contribution in [-0.4, -0.2) is 26.4 Å². The summed E-state index contributed by atoms with van der Waals surface area (Å²) < 4.78 is 34.6. The second-order valence-electron chi connectivity index (χ2n) is 5.93. The predicted molar refractivity (Wildman–Crippen MR) is 113 cm³/mol. The molecule has 0 amide bonds. The topological polar surface area (TPSA) is 55.4 Å². The van der Waals surface area contributed by atoms with Gasteiger partial charge in [-0.3, -0.25) is 0 Å². The molecule has 2 heterocycles. The molecule has 6 nitrogen and oxygen atoms in total. The van der Waals surface area contributed by atoms with E-state index in [1.165, 1.54) is 0 Å². The molecule has 2 aliphatic rings. The van der Waals surface area contributed by atoms with Crippen LogP contribution in [0.25, 0.3) is 0 Å². The largest absolute Gasteiger partial charge is 0.427 e. The number of hydrogen-bond donors (Lipinski definition) is 0. The van der Waals surface area contributed by atoms with Gasteiger partial charge in [0.1, 0.15) is 11.5 Å². The number of allylic oxidation sites excluding steroid dienone is 9. The Morgan fingerprint density at radius 1 is 0.786 bits per heavy atom. The predicted octanol–water partition coefficient (Wildman–Crippen LogP) is 6.01. The second-order valence-corrected chi connectivity index (χ2v) is 8.22. The average Bonchev–Trinajstić information content (AvgIpc) is 2.70. The van der Waals surface area contributed by atoms with Gasteiger partial charge in [-0.2, -0.15) is 0 Å². The summed E-state index contributed by atoms with van der Waals surface area (Å²) in [6.45, 7) is 14.6. The molecule has 152 valence electrons. The van der Waals surface area contributed by atoms with E-state index in [0.29, 0.717) is 37.9 Å². The van der Waals surface area contributed by atoms with E-state index in [1.807, 2.05) is 19.1 Å². The minimum Gasteiger partial charge on any atom is -0.427 e. The summed E-state index contributed by atoms with van der Waals surface area (Å²) >= 11 is 0. The van der Waals surface area contributed by atoms with Crippen LogP contribution in [0.15, 0.2) is 85.9 Å². The Balaban J connectivity index is 1.83. The van der Waals surface area contributed by atoms with Crippen LogP contribution in [0.1, 0.15) is 6.92 Å². The van der Waals surface area contributed by atoms with Crippen LogP contribution in [0.3, 0.4) is 0 Å². The molecule has 0 aromatic heterocycles. The molecular weight excluding hydrogens is 398 g/mol. The molecule has 0 radical (unpaired) electrons. The fourth-order valence-corrected chi connectivity index (χ4v) is 4.62. The molecule has 2 saturated heterocycles. The van der Waals surface area contributed by atoms with Gasteiger partial charge in [-0.25, -0.2) is 0 Å². The lowest BCUT2D eigenvalue weighted by atomic mass is 9.93. The molecule has 0 aliphatic carbocycles. The van der Waals surface area contributed by atoms with E-state index in [-0.39, 0.29) is 5.41 Å². The molecule has 2 rings (SSSR count). The van der Waals surface area contributed by atoms with Gasteiger partial charge in [0, 0.05) is 0 Å². The van der Waals surface area contributed by atoms with E-state index in [1.54, 1.807) is 42.5 Å². The lowest BCUT2D eigenvalue weighted by molar-refractivity contribution is -0.0714. The summed E-state index contributed by atoms with van der Waals surface area (Å²) in [6.07, 6.45) is 15.7. The number of hydrogen-bond acceptors (Lipinski definition) is 6. The first-order valence-electron chi connectivity index (χ1n) is 8.70. The highest BCUT2D eigenvalue weighted by Crippen LogP contribution is 2.54. The van der Waals surface area contributed by atoms with E-state index < -0.39 is 17.2 Å². The highest BCUT2D eigenvalue weighted by Gasteiger charge is 2.44. The van der Waals surface area contributed by atoms with Gasteiger partial charge >= 0.3 is 17.2 Å². The zero-order valence-corrected chi connectivity index (χ0v) is 17.8. The van der Waals surface area contributed by atoms with E-state index in [2.05, 4.69) is 19.7 Å². The summed E-state index contributed by atoms with van der Waals surface area (Å²) in [5.74, 6) is 1.23. The highest BCUT2D eigenvalue weighted by atomic mass is 31.2. The lowest BCUT2D eigenvalue weighted by Gasteiger charge is -2.41. The third-order valence-corrected chi connectivity index (χ3v) is 5.64. The van der Waals surface area contributed by atoms with Crippen molar-refractivity contribution in [2.75, 3.05) is 26.4 Å². The molecule has 1 spiro atoms. The van der Waals surface area contributed by atoms with Crippen LogP contribution in [0, 0.1) is 5.41 Å². The maximum Gasteiger partial charge on any atom is 0.397 e. The van der Waals surface area contributed by atoms with Gasteiger partial charge in [0.2, 0.25) is 0 Å². The van der Waals surface area contributed by atoms with Gasteiger partial charge in [-0.05, 0) is 31.2 Å². The second kappa shape index (κ2) is 12.1. The Kier molecular flexibility index (Phi) is 9.86. The SMILES string of the molecule is C=C/C=C\C(=C/C=C)OP1OCC2(COP(OC(/C=C\C)=C/C=C)OC2)CO1. The Hall–Kier alpha value is -1.52. The normalized spacial score (nSPS) is 29.2. The van der Waals surface area contributed by atoms with E-state index in [9.17, 15) is 0 Å². The molecule has 0 saturated carbocycles. The van der Waals surface area contributed by atoms with E-state index >= 15 is 0 Å². The molecule has 0 aromatic carbocycles. The van der Waals surface area contributed by atoms with Crippen LogP contribution < -0.4 is 0 Å². The van der Waals surface area contributed by atoms with Crippen molar-refractivity contribution < 1.29 is 27.1 Å². The van der Waals surface area contributed by atoms with Crippen LogP contribution in [-0.2, 0) is 27.1 Å². The molecular formula is C20H26O6P2. The molecule has 2 fully saturated rings. The first kappa shape index (κ1) is 22.8. The average molecular weight is 424 g/mol. The zero-order chi connectivity index (χ0) is 20.2. The maximum atomic E-state index is 5.78. The van der Waals surface area contributed by atoms with Crippen molar-refractivity contribution in [1.82, 2.24) is 0 Å². The van der Waals surface area contributed by atoms with Crippen molar-refractivity contribution in [2.45, 2.75) is 6.92 Å². The van der Waals surface area contributed by atoms with Crippen LogP contribution >= 0.6 is 17.2 Å². The van der Waals surface area contributed by atoms with Crippen molar-refractivity contribution in [2.24, 2.45) is 5.41 Å². The van der Waals surface area contributed by atoms with Crippen LogP contribution in [0.4, 0.5) is 0 Å². The summed E-state index contributed by atoms with van der Waals surface area (Å²) in [5, 5.41) is 0. The van der Waals surface area contributed by atoms with Crippen LogP contribution in [0.5, 0.6) is 0 Å². The third-order valence-electron chi connectivity index (χ3n) is 3.56. The molecule has 8 heteroatoms. The van der Waals surface area contributed by atoms with Crippen molar-refractivity contribution in [3.05, 3.63) is 85.9 Å². The molecule has 0 aromatic rings. The van der Waals surface area contributed by atoms with Gasteiger partial charge in [0.05, 0.1) is 31.8 Å². The summed E-state index contributed by atoms with van der Waals surface area (Å²) in [5.41, 5.74) is -0.368. The minimum absolute atomic E-state index is 0.368.